The molecule has 0 aliphatic heterocycles. The van der Waals surface area contributed by atoms with Crippen molar-refractivity contribution in [1.29, 1.82) is 0 Å². The smallest absolute Gasteiger partial charge is 0.318 e. The molecule has 1 aromatic heterocycles. The average molecular weight is 382 g/mol. The predicted octanol–water partition coefficient (Wildman–Crippen LogP) is 2.29. The van der Waals surface area contributed by atoms with Crippen LogP contribution in [0.5, 0.6) is 0 Å². The van der Waals surface area contributed by atoms with Gasteiger partial charge in [0.15, 0.2) is 5.16 Å². The van der Waals surface area contributed by atoms with Gasteiger partial charge < -0.3 is 5.73 Å². The number of hydrogen-bond acceptors (Lipinski definition) is 5. The molecular weight excluding hydrogens is 364 g/mol. The molecule has 0 fully saturated rings. The molecule has 1 heterocycles. The fourth-order valence-corrected chi connectivity index (χ4v) is 3.63. The summed E-state index contributed by atoms with van der Waals surface area (Å²) >= 11 is 1.08. The lowest BCUT2D eigenvalue weighted by atomic mass is 10.1. The van der Waals surface area contributed by atoms with Crippen LogP contribution in [0.25, 0.3) is 10.9 Å². The lowest BCUT2D eigenvalue weighted by molar-refractivity contribution is -0.117. The minimum Gasteiger partial charge on any atom is -0.351 e. The van der Waals surface area contributed by atoms with Crippen LogP contribution in [-0.2, 0) is 4.79 Å². The molecule has 3 aromatic rings. The average Bonchev–Trinajstić information content (AvgIpc) is 2.66. The van der Waals surface area contributed by atoms with Crippen LogP contribution in [0.2, 0.25) is 0 Å². The second kappa shape index (κ2) is 8.05. The predicted molar refractivity (Wildman–Crippen MR) is 105 cm³/mol. The van der Waals surface area contributed by atoms with Gasteiger partial charge in [0.1, 0.15) is 0 Å². The zero-order valence-corrected chi connectivity index (χ0v) is 15.4. The summed E-state index contributed by atoms with van der Waals surface area (Å²) in [7, 11) is 0. The highest BCUT2D eigenvalue weighted by Crippen LogP contribution is 2.24. The lowest BCUT2D eigenvalue weighted by Crippen LogP contribution is -2.36. The highest BCUT2D eigenvalue weighted by Gasteiger charge is 2.19. The van der Waals surface area contributed by atoms with E-state index in [-0.39, 0.29) is 17.4 Å². The van der Waals surface area contributed by atoms with E-state index in [4.69, 9.17) is 5.73 Å². The molecule has 27 heavy (non-hydrogen) atoms. The first-order valence-corrected chi connectivity index (χ1v) is 9.24. The molecule has 3 N–H and O–H groups in total. The van der Waals surface area contributed by atoms with E-state index in [1.807, 2.05) is 42.6 Å². The van der Waals surface area contributed by atoms with E-state index in [0.717, 1.165) is 17.3 Å². The summed E-state index contributed by atoms with van der Waals surface area (Å²) < 4.78 is 1.57. The number of carbonyl (C=O) groups is 2. The Morgan fingerprint density at radius 2 is 1.81 bits per heavy atom. The van der Waals surface area contributed by atoms with Crippen molar-refractivity contribution in [3.05, 3.63) is 70.5 Å². The third-order valence-electron chi connectivity index (χ3n) is 4.04. The van der Waals surface area contributed by atoms with E-state index in [9.17, 15) is 14.4 Å². The highest BCUT2D eigenvalue weighted by atomic mass is 32.2. The third kappa shape index (κ3) is 4.17. The summed E-state index contributed by atoms with van der Waals surface area (Å²) in [5, 5.41) is 2.91. The Morgan fingerprint density at radius 3 is 2.52 bits per heavy atom. The van der Waals surface area contributed by atoms with Gasteiger partial charge in [-0.15, -0.1) is 0 Å². The van der Waals surface area contributed by atoms with E-state index in [0.29, 0.717) is 16.1 Å². The number of carbonyl (C=O) groups excluding carboxylic acids is 2. The maximum Gasteiger partial charge on any atom is 0.318 e. The van der Waals surface area contributed by atoms with Gasteiger partial charge in [-0.3, -0.25) is 19.5 Å². The quantitative estimate of drug-likeness (QED) is 0.520. The first-order chi connectivity index (χ1) is 13.0. The van der Waals surface area contributed by atoms with Crippen molar-refractivity contribution in [3.63, 3.8) is 0 Å². The van der Waals surface area contributed by atoms with Crippen LogP contribution in [0.3, 0.4) is 0 Å². The molecule has 0 unspecified atom stereocenters. The SMILES string of the molecule is C[C@H](c1ccccc1)n1c(SCC(=O)NC(N)=O)nc2ccccc2c1=O. The van der Waals surface area contributed by atoms with Crippen molar-refractivity contribution in [1.82, 2.24) is 14.9 Å². The largest absolute Gasteiger partial charge is 0.351 e. The number of rotatable bonds is 5. The fraction of sp³-hybridized carbons (Fsp3) is 0.158. The number of urea groups is 1. The van der Waals surface area contributed by atoms with Crippen molar-refractivity contribution in [2.24, 2.45) is 5.73 Å². The number of aromatic nitrogens is 2. The van der Waals surface area contributed by atoms with E-state index >= 15 is 0 Å². The van der Waals surface area contributed by atoms with Crippen molar-refractivity contribution >= 4 is 34.6 Å². The van der Waals surface area contributed by atoms with Gasteiger partial charge >= 0.3 is 6.03 Å². The molecule has 2 aromatic carbocycles. The van der Waals surface area contributed by atoms with Crippen LogP contribution in [0, 0.1) is 0 Å². The Morgan fingerprint density at radius 1 is 1.15 bits per heavy atom. The third-order valence-corrected chi connectivity index (χ3v) is 4.99. The molecule has 0 bridgehead atoms. The van der Waals surface area contributed by atoms with Crippen LogP contribution in [0.4, 0.5) is 4.79 Å². The monoisotopic (exact) mass is 382 g/mol. The molecule has 0 saturated heterocycles. The molecular formula is C19H18N4O3S. The number of nitrogens with zero attached hydrogens (tertiary/aromatic N) is 2. The van der Waals surface area contributed by atoms with E-state index < -0.39 is 11.9 Å². The van der Waals surface area contributed by atoms with Gasteiger partial charge in [0.2, 0.25) is 5.91 Å². The second-order valence-corrected chi connectivity index (χ2v) is 6.82. The van der Waals surface area contributed by atoms with Gasteiger partial charge in [-0.25, -0.2) is 9.78 Å². The number of thioether (sulfide) groups is 1. The Hall–Kier alpha value is -3.13. The number of benzene rings is 2. The number of fused-ring (bicyclic) bond motifs is 1. The van der Waals surface area contributed by atoms with Gasteiger partial charge in [0.25, 0.3) is 5.56 Å². The molecule has 0 saturated carbocycles. The van der Waals surface area contributed by atoms with Crippen LogP contribution in [-0.4, -0.2) is 27.2 Å². The molecule has 7 nitrogen and oxygen atoms in total. The zero-order chi connectivity index (χ0) is 19.4. The molecule has 0 aliphatic rings. The number of amides is 3. The number of imide groups is 1. The minimum absolute atomic E-state index is 0.0881. The molecule has 8 heteroatoms. The van der Waals surface area contributed by atoms with Gasteiger partial charge in [-0.1, -0.05) is 54.2 Å². The topological polar surface area (TPSA) is 107 Å². The van der Waals surface area contributed by atoms with Crippen molar-refractivity contribution in [2.75, 3.05) is 5.75 Å². The first kappa shape index (κ1) is 18.7. The Balaban J connectivity index is 2.06. The summed E-state index contributed by atoms with van der Waals surface area (Å²) in [5.74, 6) is -0.635. The summed E-state index contributed by atoms with van der Waals surface area (Å²) in [4.78, 5) is 40.3. The fourth-order valence-electron chi connectivity index (χ4n) is 2.75. The summed E-state index contributed by atoms with van der Waals surface area (Å²) in [6.07, 6.45) is 0. The Kier molecular flexibility index (Phi) is 5.56. The Bertz CT molecular complexity index is 1050. The standard InChI is InChI=1S/C19H18N4O3S/c1-12(13-7-3-2-4-8-13)23-17(25)14-9-5-6-10-15(14)21-19(23)27-11-16(24)22-18(20)26/h2-10,12H,11H2,1H3,(H3,20,22,24,26)/t12-/m1/s1. The second-order valence-electron chi connectivity index (χ2n) is 5.87. The summed E-state index contributed by atoms with van der Waals surface area (Å²) in [6.45, 7) is 1.90. The van der Waals surface area contributed by atoms with Gasteiger partial charge in [-0.2, -0.15) is 0 Å². The number of primary amides is 1. The molecule has 138 valence electrons. The summed E-state index contributed by atoms with van der Waals surface area (Å²) in [5.41, 5.74) is 6.28. The van der Waals surface area contributed by atoms with Crippen LogP contribution >= 0.6 is 11.8 Å². The number of para-hydroxylation sites is 1. The van der Waals surface area contributed by atoms with Crippen molar-refractivity contribution in [3.8, 4) is 0 Å². The Labute approximate surface area is 159 Å². The van der Waals surface area contributed by atoms with Crippen LogP contribution in [0.15, 0.2) is 64.5 Å². The first-order valence-electron chi connectivity index (χ1n) is 8.25. The molecule has 0 radical (unpaired) electrons. The molecule has 3 rings (SSSR count). The number of nitrogens with one attached hydrogen (secondary N) is 1. The maximum atomic E-state index is 13.1. The molecule has 3 amide bonds. The lowest BCUT2D eigenvalue weighted by Gasteiger charge is -2.19. The van der Waals surface area contributed by atoms with Crippen LogP contribution < -0.4 is 16.6 Å². The van der Waals surface area contributed by atoms with Gasteiger partial charge in [0.05, 0.1) is 22.7 Å². The normalized spacial score (nSPS) is 11.9. The van der Waals surface area contributed by atoms with Crippen molar-refractivity contribution in [2.45, 2.75) is 18.1 Å². The molecule has 1 atom stereocenters. The van der Waals surface area contributed by atoms with E-state index in [1.54, 1.807) is 28.8 Å². The maximum absolute atomic E-state index is 13.1. The molecule has 0 aliphatic carbocycles. The highest BCUT2D eigenvalue weighted by molar-refractivity contribution is 7.99. The molecule has 0 spiro atoms. The summed E-state index contributed by atoms with van der Waals surface area (Å²) in [6, 6.07) is 15.4. The number of hydrogen-bond donors (Lipinski definition) is 2. The van der Waals surface area contributed by atoms with Gasteiger partial charge in [0, 0.05) is 0 Å². The van der Waals surface area contributed by atoms with Crippen LogP contribution in [0.1, 0.15) is 18.5 Å². The number of nitrogens with two attached hydrogens (primary N) is 1. The van der Waals surface area contributed by atoms with E-state index in [2.05, 4.69) is 4.98 Å². The minimum atomic E-state index is -0.915. The zero-order valence-electron chi connectivity index (χ0n) is 14.6. The van der Waals surface area contributed by atoms with Crippen molar-refractivity contribution < 1.29 is 9.59 Å². The van der Waals surface area contributed by atoms with Gasteiger partial charge in [-0.05, 0) is 24.6 Å². The van der Waals surface area contributed by atoms with E-state index in [1.165, 1.54) is 0 Å².